The Hall–Kier alpha value is -1.59. The molecule has 1 heterocycles. The van der Waals surface area contributed by atoms with Crippen LogP contribution < -0.4 is 20.7 Å². The SMILES string of the molecule is CNCCC(NC)c1ccc2c(c1)NC(=O)CO2. The fraction of sp³-hybridized carbons (Fsp3) is 0.462. The summed E-state index contributed by atoms with van der Waals surface area (Å²) in [6.45, 7) is 1.03. The number of hydrogen-bond acceptors (Lipinski definition) is 4. The quantitative estimate of drug-likeness (QED) is 0.725. The van der Waals surface area contributed by atoms with Crippen LogP contribution in [0.15, 0.2) is 18.2 Å². The van der Waals surface area contributed by atoms with Crippen LogP contribution in [-0.4, -0.2) is 33.2 Å². The Balaban J connectivity index is 2.18. The Labute approximate surface area is 107 Å². The van der Waals surface area contributed by atoms with Crippen molar-refractivity contribution < 1.29 is 9.53 Å². The van der Waals surface area contributed by atoms with Crippen molar-refractivity contribution >= 4 is 11.6 Å². The van der Waals surface area contributed by atoms with Gasteiger partial charge in [0, 0.05) is 6.04 Å². The van der Waals surface area contributed by atoms with Gasteiger partial charge in [-0.25, -0.2) is 0 Å². The fourth-order valence-corrected chi connectivity index (χ4v) is 2.08. The monoisotopic (exact) mass is 249 g/mol. The molecule has 0 aliphatic carbocycles. The second-order valence-electron chi connectivity index (χ2n) is 4.33. The van der Waals surface area contributed by atoms with E-state index in [1.54, 1.807) is 0 Å². The maximum Gasteiger partial charge on any atom is 0.262 e. The second-order valence-corrected chi connectivity index (χ2v) is 4.33. The molecule has 3 N–H and O–H groups in total. The molecule has 1 atom stereocenters. The van der Waals surface area contributed by atoms with E-state index >= 15 is 0 Å². The number of carbonyl (C=O) groups excluding carboxylic acids is 1. The molecule has 0 bridgehead atoms. The van der Waals surface area contributed by atoms with E-state index in [4.69, 9.17) is 4.74 Å². The summed E-state index contributed by atoms with van der Waals surface area (Å²) < 4.78 is 5.34. The highest BCUT2D eigenvalue weighted by Gasteiger charge is 2.18. The number of amides is 1. The van der Waals surface area contributed by atoms with Crippen molar-refractivity contribution in [2.75, 3.05) is 32.6 Å². The van der Waals surface area contributed by atoms with Crippen LogP contribution in [-0.2, 0) is 4.79 Å². The van der Waals surface area contributed by atoms with Gasteiger partial charge in [0.1, 0.15) is 5.75 Å². The van der Waals surface area contributed by atoms with Crippen molar-refractivity contribution in [1.82, 2.24) is 10.6 Å². The Morgan fingerprint density at radius 2 is 2.28 bits per heavy atom. The van der Waals surface area contributed by atoms with E-state index in [1.165, 1.54) is 0 Å². The highest BCUT2D eigenvalue weighted by Crippen LogP contribution is 2.31. The molecule has 0 fully saturated rings. The molecule has 1 aliphatic rings. The van der Waals surface area contributed by atoms with Gasteiger partial charge in [-0.15, -0.1) is 0 Å². The van der Waals surface area contributed by atoms with E-state index in [0.717, 1.165) is 30.0 Å². The van der Waals surface area contributed by atoms with Crippen LogP contribution in [0.1, 0.15) is 18.0 Å². The zero-order valence-electron chi connectivity index (χ0n) is 10.7. The van der Waals surface area contributed by atoms with Crippen LogP contribution in [0.4, 0.5) is 5.69 Å². The number of ether oxygens (including phenoxy) is 1. The van der Waals surface area contributed by atoms with E-state index in [1.807, 2.05) is 32.3 Å². The van der Waals surface area contributed by atoms with Gasteiger partial charge in [0.25, 0.3) is 5.91 Å². The first kappa shape index (κ1) is 12.9. The summed E-state index contributed by atoms with van der Waals surface area (Å²) in [6, 6.07) is 6.19. The van der Waals surface area contributed by atoms with Crippen molar-refractivity contribution in [3.05, 3.63) is 23.8 Å². The molecule has 0 radical (unpaired) electrons. The number of nitrogens with one attached hydrogen (secondary N) is 3. The minimum absolute atomic E-state index is 0.0988. The van der Waals surface area contributed by atoms with E-state index in [9.17, 15) is 4.79 Å². The minimum atomic E-state index is -0.101. The molecule has 1 unspecified atom stereocenters. The molecule has 18 heavy (non-hydrogen) atoms. The molecule has 98 valence electrons. The summed E-state index contributed by atoms with van der Waals surface area (Å²) in [5, 5.41) is 9.24. The lowest BCUT2D eigenvalue weighted by atomic mass is 10.0. The van der Waals surface area contributed by atoms with Crippen molar-refractivity contribution in [1.29, 1.82) is 0 Å². The molecular formula is C13H19N3O2. The third kappa shape index (κ3) is 2.80. The Bertz CT molecular complexity index is 434. The van der Waals surface area contributed by atoms with E-state index < -0.39 is 0 Å². The molecule has 5 nitrogen and oxygen atoms in total. The van der Waals surface area contributed by atoms with Crippen molar-refractivity contribution in [3.63, 3.8) is 0 Å². The van der Waals surface area contributed by atoms with Gasteiger partial charge in [-0.1, -0.05) is 6.07 Å². The molecule has 1 aliphatic heterocycles. The van der Waals surface area contributed by atoms with Crippen LogP contribution in [0.3, 0.4) is 0 Å². The van der Waals surface area contributed by atoms with Crippen LogP contribution in [0.5, 0.6) is 5.75 Å². The van der Waals surface area contributed by atoms with E-state index in [2.05, 4.69) is 16.0 Å². The lowest BCUT2D eigenvalue weighted by Gasteiger charge is -2.22. The molecule has 5 heteroatoms. The standard InChI is InChI=1S/C13H19N3O2/c1-14-6-5-10(15-2)9-3-4-12-11(7-9)16-13(17)8-18-12/h3-4,7,10,14-15H,5-6,8H2,1-2H3,(H,16,17). The Morgan fingerprint density at radius 3 is 3.00 bits per heavy atom. The second kappa shape index (κ2) is 5.84. The predicted octanol–water partition coefficient (Wildman–Crippen LogP) is 0.887. The zero-order valence-corrected chi connectivity index (χ0v) is 10.7. The van der Waals surface area contributed by atoms with Gasteiger partial charge < -0.3 is 20.7 Å². The molecule has 1 aromatic carbocycles. The highest BCUT2D eigenvalue weighted by molar-refractivity contribution is 5.95. The molecule has 0 spiro atoms. The van der Waals surface area contributed by atoms with Gasteiger partial charge in [0.15, 0.2) is 6.61 Å². The summed E-state index contributed by atoms with van der Waals surface area (Å²) in [5.74, 6) is 0.637. The Morgan fingerprint density at radius 1 is 1.44 bits per heavy atom. The number of anilines is 1. The maximum absolute atomic E-state index is 11.3. The number of rotatable bonds is 5. The summed E-state index contributed by atoms with van der Waals surface area (Å²) in [5.41, 5.74) is 1.91. The van der Waals surface area contributed by atoms with Crippen LogP contribution in [0.25, 0.3) is 0 Å². The van der Waals surface area contributed by atoms with E-state index in [-0.39, 0.29) is 18.6 Å². The molecular weight excluding hydrogens is 230 g/mol. The molecule has 0 saturated carbocycles. The third-order valence-electron chi connectivity index (χ3n) is 3.07. The van der Waals surface area contributed by atoms with Gasteiger partial charge >= 0.3 is 0 Å². The van der Waals surface area contributed by atoms with Crippen molar-refractivity contribution in [2.24, 2.45) is 0 Å². The van der Waals surface area contributed by atoms with Crippen LogP contribution in [0, 0.1) is 0 Å². The molecule has 1 amide bonds. The number of fused-ring (bicyclic) bond motifs is 1. The lowest BCUT2D eigenvalue weighted by molar-refractivity contribution is -0.118. The van der Waals surface area contributed by atoms with Gasteiger partial charge in [0.2, 0.25) is 0 Å². The summed E-state index contributed by atoms with van der Waals surface area (Å²) >= 11 is 0. The topological polar surface area (TPSA) is 62.4 Å². The first-order chi connectivity index (χ1) is 8.74. The minimum Gasteiger partial charge on any atom is -0.482 e. The molecule has 0 saturated heterocycles. The average molecular weight is 249 g/mol. The van der Waals surface area contributed by atoms with Crippen molar-refractivity contribution in [3.8, 4) is 5.75 Å². The number of carbonyl (C=O) groups is 1. The van der Waals surface area contributed by atoms with E-state index in [0.29, 0.717) is 0 Å². The lowest BCUT2D eigenvalue weighted by Crippen LogP contribution is -2.26. The molecule has 1 aromatic rings. The third-order valence-corrected chi connectivity index (χ3v) is 3.07. The maximum atomic E-state index is 11.3. The fourth-order valence-electron chi connectivity index (χ4n) is 2.08. The van der Waals surface area contributed by atoms with Gasteiger partial charge in [-0.05, 0) is 44.8 Å². The summed E-state index contributed by atoms with van der Waals surface area (Å²) in [4.78, 5) is 11.3. The van der Waals surface area contributed by atoms with Crippen LogP contribution in [0.2, 0.25) is 0 Å². The summed E-state index contributed by atoms with van der Waals surface area (Å²) in [6.07, 6.45) is 0.987. The highest BCUT2D eigenvalue weighted by atomic mass is 16.5. The predicted molar refractivity (Wildman–Crippen MR) is 70.9 cm³/mol. The van der Waals surface area contributed by atoms with Gasteiger partial charge in [0.05, 0.1) is 5.69 Å². The van der Waals surface area contributed by atoms with Gasteiger partial charge in [-0.2, -0.15) is 0 Å². The summed E-state index contributed by atoms with van der Waals surface area (Å²) in [7, 11) is 3.88. The van der Waals surface area contributed by atoms with Crippen molar-refractivity contribution in [2.45, 2.75) is 12.5 Å². The smallest absolute Gasteiger partial charge is 0.262 e. The number of hydrogen-bond donors (Lipinski definition) is 3. The average Bonchev–Trinajstić information content (AvgIpc) is 2.39. The van der Waals surface area contributed by atoms with Crippen LogP contribution >= 0.6 is 0 Å². The molecule has 2 rings (SSSR count). The molecule has 0 aromatic heterocycles. The number of benzene rings is 1. The Kier molecular flexibility index (Phi) is 4.17. The first-order valence-corrected chi connectivity index (χ1v) is 6.13. The largest absolute Gasteiger partial charge is 0.482 e. The first-order valence-electron chi connectivity index (χ1n) is 6.13. The van der Waals surface area contributed by atoms with Gasteiger partial charge in [-0.3, -0.25) is 4.79 Å². The normalized spacial score (nSPS) is 15.6. The zero-order chi connectivity index (χ0) is 13.0.